The van der Waals surface area contributed by atoms with Gasteiger partial charge in [0.25, 0.3) is 0 Å². The maximum Gasteiger partial charge on any atom is 1.00 e. The number of rotatable bonds is 3. The molecule has 0 aromatic carbocycles. The van der Waals surface area contributed by atoms with Crippen molar-refractivity contribution in [3.8, 4) is 0 Å². The van der Waals surface area contributed by atoms with E-state index in [9.17, 15) is 0 Å². The summed E-state index contributed by atoms with van der Waals surface area (Å²) in [6.07, 6.45) is 5.07. The van der Waals surface area contributed by atoms with E-state index in [0.29, 0.717) is 0 Å². The fourth-order valence-corrected chi connectivity index (χ4v) is 0.427. The van der Waals surface area contributed by atoms with Crippen molar-refractivity contribution in [1.82, 2.24) is 0 Å². The van der Waals surface area contributed by atoms with Crippen molar-refractivity contribution in [2.24, 2.45) is 0 Å². The molecule has 0 aromatic rings. The maximum absolute atomic E-state index is 3.72. The Labute approximate surface area is 69.2 Å². The Morgan fingerprint density at radius 3 is 1.88 bits per heavy atom. The van der Waals surface area contributed by atoms with E-state index in [1.807, 2.05) is 0 Å². The summed E-state index contributed by atoms with van der Waals surface area (Å²) in [6.45, 7) is 5.93. The van der Waals surface area contributed by atoms with Crippen LogP contribution in [0, 0.1) is 6.92 Å². The van der Waals surface area contributed by atoms with Gasteiger partial charge in [0.15, 0.2) is 0 Å². The largest absolute Gasteiger partial charge is 1.00 e. The van der Waals surface area contributed by atoms with E-state index in [-0.39, 0.29) is 29.4 Å². The fraction of sp³-hybridized carbons (Fsp3) is 0.833. The molecule has 8 heavy (non-hydrogen) atoms. The summed E-state index contributed by atoms with van der Waals surface area (Å²) < 4.78 is 0. The Bertz CT molecular complexity index is 20.5. The van der Waals surface area contributed by atoms with Gasteiger partial charge in [0.05, 0.1) is 0 Å². The van der Waals surface area contributed by atoms with Crippen molar-refractivity contribution < 1.29 is 19.5 Å². The first-order valence-electron chi connectivity index (χ1n) is 2.71. The van der Waals surface area contributed by atoms with Crippen LogP contribution < -0.4 is 0 Å². The van der Waals surface area contributed by atoms with Crippen molar-refractivity contribution in [2.45, 2.75) is 32.6 Å². The van der Waals surface area contributed by atoms with E-state index in [2.05, 4.69) is 13.8 Å². The van der Waals surface area contributed by atoms with Gasteiger partial charge >= 0.3 is 19.5 Å². The topological polar surface area (TPSA) is 0 Å². The second-order valence-electron chi connectivity index (χ2n) is 1.56. The third-order valence-electron chi connectivity index (χ3n) is 0.854. The van der Waals surface area contributed by atoms with Crippen molar-refractivity contribution >= 4 is 9.90 Å². The molecule has 0 heterocycles. The summed E-state index contributed by atoms with van der Waals surface area (Å²) in [4.78, 5) is 0. The van der Waals surface area contributed by atoms with Gasteiger partial charge in [-0.05, 0) is 0 Å². The van der Waals surface area contributed by atoms with Gasteiger partial charge in [0.1, 0.15) is 0 Å². The minimum atomic E-state index is 0. The fourth-order valence-electron chi connectivity index (χ4n) is 0.427. The second-order valence-corrected chi connectivity index (χ2v) is 1.56. The van der Waals surface area contributed by atoms with Gasteiger partial charge in [-0.2, -0.15) is 16.3 Å². The normalized spacial score (nSPS) is 6.75. The molecule has 0 spiro atoms. The van der Waals surface area contributed by atoms with Crippen LogP contribution in [0.3, 0.4) is 0 Å². The molecule has 0 aromatic heterocycles. The predicted molar refractivity (Wildman–Crippen MR) is 40.6 cm³/mol. The Kier molecular flexibility index (Phi) is 31.4. The molecule has 1 unspecified atom stereocenters. The first-order chi connectivity index (χ1) is 2.91. The van der Waals surface area contributed by atoms with Crippen molar-refractivity contribution in [1.29, 1.82) is 0 Å². The zero-order valence-corrected chi connectivity index (χ0v) is 8.75. The third kappa shape index (κ3) is 15.7. The van der Waals surface area contributed by atoms with E-state index in [4.69, 9.17) is 0 Å². The van der Waals surface area contributed by atoms with E-state index in [0.717, 1.165) is 6.42 Å². The van der Waals surface area contributed by atoms with Crippen LogP contribution in [0.2, 0.25) is 0 Å². The minimum Gasteiger partial charge on any atom is -0.343 e. The van der Waals surface area contributed by atoms with E-state index in [1.54, 1.807) is 0 Å². The third-order valence-corrected chi connectivity index (χ3v) is 0.854. The molecule has 0 aliphatic rings. The summed E-state index contributed by atoms with van der Waals surface area (Å²) in [6, 6.07) is 0. The smallest absolute Gasteiger partial charge is 0.343 e. The molecule has 0 aliphatic carbocycles. The molecule has 0 fully saturated rings. The molecule has 0 saturated heterocycles. The minimum absolute atomic E-state index is 0. The number of hydrogen-bond acceptors (Lipinski definition) is 0. The molecule has 2 heteroatoms. The molecular formula is C6H16PRu. The Balaban J connectivity index is -0.000000125. The maximum atomic E-state index is 3.72. The Morgan fingerprint density at radius 2 is 1.75 bits per heavy atom. The SMILES string of the molecule is P.[CH2-]CCCCC.[Ru+]. The molecule has 1 radical (unpaired) electrons. The zero-order valence-electron chi connectivity index (χ0n) is 5.60. The van der Waals surface area contributed by atoms with Crippen LogP contribution >= 0.6 is 9.90 Å². The molecule has 0 N–H and O–H groups in total. The molecule has 53 valence electrons. The van der Waals surface area contributed by atoms with Crippen LogP contribution in [-0.4, -0.2) is 0 Å². The van der Waals surface area contributed by atoms with Crippen molar-refractivity contribution in [3.05, 3.63) is 6.92 Å². The van der Waals surface area contributed by atoms with Crippen LogP contribution in [0.5, 0.6) is 0 Å². The zero-order chi connectivity index (χ0) is 4.83. The van der Waals surface area contributed by atoms with E-state index in [1.165, 1.54) is 19.3 Å². The first kappa shape index (κ1) is 16.0. The number of unbranched alkanes of at least 4 members (excludes halogenated alkanes) is 3. The molecule has 0 rings (SSSR count). The molecule has 0 aliphatic heterocycles. The summed E-state index contributed by atoms with van der Waals surface area (Å²) in [5.74, 6) is 0. The molecule has 0 amide bonds. The Morgan fingerprint density at radius 1 is 1.25 bits per heavy atom. The number of hydrogen-bond donors (Lipinski definition) is 0. The van der Waals surface area contributed by atoms with Crippen LogP contribution in [0.4, 0.5) is 0 Å². The summed E-state index contributed by atoms with van der Waals surface area (Å²) in [5.41, 5.74) is 0. The van der Waals surface area contributed by atoms with Crippen LogP contribution in [0.25, 0.3) is 0 Å². The van der Waals surface area contributed by atoms with Crippen LogP contribution in [-0.2, 0) is 19.5 Å². The van der Waals surface area contributed by atoms with Gasteiger partial charge in [-0.1, -0.05) is 26.2 Å². The van der Waals surface area contributed by atoms with Crippen molar-refractivity contribution in [2.75, 3.05) is 0 Å². The summed E-state index contributed by atoms with van der Waals surface area (Å²) in [5, 5.41) is 0. The van der Waals surface area contributed by atoms with Gasteiger partial charge < -0.3 is 6.92 Å². The molecular weight excluding hydrogens is 204 g/mol. The van der Waals surface area contributed by atoms with Crippen LogP contribution in [0.1, 0.15) is 32.6 Å². The molecule has 0 nitrogen and oxygen atoms in total. The second kappa shape index (κ2) is 15.7. The average molecular weight is 220 g/mol. The van der Waals surface area contributed by atoms with Gasteiger partial charge in [0, 0.05) is 0 Å². The van der Waals surface area contributed by atoms with Gasteiger partial charge in [-0.25, -0.2) is 0 Å². The molecule has 1 atom stereocenters. The Hall–Kier alpha value is 1.05. The summed E-state index contributed by atoms with van der Waals surface area (Å²) in [7, 11) is 0. The van der Waals surface area contributed by atoms with Crippen LogP contribution in [0.15, 0.2) is 0 Å². The first-order valence-corrected chi connectivity index (χ1v) is 2.71. The predicted octanol–water partition coefficient (Wildman–Crippen LogP) is 2.46. The van der Waals surface area contributed by atoms with E-state index < -0.39 is 0 Å². The standard InChI is InChI=1S/C6H13.H3P.Ru/c1-3-5-6-4-2;;/h1,3-6H2,2H3;1H3;/q-1;;+1. The monoisotopic (exact) mass is 221 g/mol. The molecule has 0 bridgehead atoms. The van der Waals surface area contributed by atoms with Crippen molar-refractivity contribution in [3.63, 3.8) is 0 Å². The van der Waals surface area contributed by atoms with Gasteiger partial charge in [-0.15, -0.1) is 0 Å². The average Bonchev–Trinajstić information content (AvgIpc) is 1.61. The quantitative estimate of drug-likeness (QED) is 0.296. The van der Waals surface area contributed by atoms with Gasteiger partial charge in [-0.3, -0.25) is 0 Å². The van der Waals surface area contributed by atoms with E-state index >= 15 is 0 Å². The van der Waals surface area contributed by atoms with Gasteiger partial charge in [0.2, 0.25) is 0 Å². The molecule has 0 saturated carbocycles. The summed E-state index contributed by atoms with van der Waals surface area (Å²) >= 11 is 0.